The van der Waals surface area contributed by atoms with Gasteiger partial charge in [-0.25, -0.2) is 4.79 Å². The number of carbonyl (C=O) groups excluding carboxylic acids is 4. The largest absolute Gasteiger partial charge is 0.460 e. The number of aliphatic hydroxyl groups is 1. The molecule has 2 aromatic carbocycles. The van der Waals surface area contributed by atoms with Crippen LogP contribution in [0.2, 0.25) is 0 Å². The summed E-state index contributed by atoms with van der Waals surface area (Å²) < 4.78 is 31.8. The smallest absolute Gasteiger partial charge is 0.338 e. The fraction of sp³-hybridized carbons (Fsp3) is 0.649. The molecule has 0 bridgehead atoms. The molecule has 8 unspecified atom stereocenters. The molecular formula is C57H80N2O10. The fourth-order valence-corrected chi connectivity index (χ4v) is 11.3. The summed E-state index contributed by atoms with van der Waals surface area (Å²) in [4.78, 5) is 54.0. The molecule has 12 nitrogen and oxygen atoms in total. The zero-order chi connectivity index (χ0) is 49.6. The van der Waals surface area contributed by atoms with E-state index in [0.29, 0.717) is 58.5 Å². The molecule has 3 N–H and O–H groups in total. The molecule has 69 heavy (non-hydrogen) atoms. The number of hydrogen-bond acceptors (Lipinski definition) is 10. The molecule has 0 aromatic heterocycles. The maximum atomic E-state index is 14.3. The van der Waals surface area contributed by atoms with Crippen molar-refractivity contribution >= 4 is 29.8 Å². The number of nitrogens with one attached hydrogen (secondary N) is 2. The van der Waals surface area contributed by atoms with Crippen molar-refractivity contribution in [2.45, 2.75) is 212 Å². The van der Waals surface area contributed by atoms with E-state index < -0.39 is 53.6 Å². The second kappa shape index (κ2) is 22.4. The lowest BCUT2D eigenvalue weighted by molar-refractivity contribution is -0.190. The molecule has 7 rings (SSSR count). The van der Waals surface area contributed by atoms with Crippen LogP contribution in [0.25, 0.3) is 6.08 Å². The molecule has 3 aliphatic carbocycles. The van der Waals surface area contributed by atoms with Crippen LogP contribution in [0, 0.1) is 17.3 Å². The molecule has 12 heteroatoms. The predicted octanol–water partition coefficient (Wildman–Crippen LogP) is 10.5. The Bertz CT molecular complexity index is 2200. The number of benzene rings is 2. The van der Waals surface area contributed by atoms with Crippen molar-refractivity contribution < 1.29 is 48.0 Å². The number of ether oxygens (including phenoxy) is 5. The molecule has 2 saturated heterocycles. The summed E-state index contributed by atoms with van der Waals surface area (Å²) >= 11 is 0. The van der Waals surface area contributed by atoms with Gasteiger partial charge in [0.25, 0.3) is 5.91 Å². The third kappa shape index (κ3) is 13.5. The van der Waals surface area contributed by atoms with Crippen LogP contribution < -0.4 is 10.6 Å². The minimum Gasteiger partial charge on any atom is -0.460 e. The summed E-state index contributed by atoms with van der Waals surface area (Å²) in [5, 5.41) is 15.8. The van der Waals surface area contributed by atoms with E-state index in [1.807, 2.05) is 24.3 Å². The van der Waals surface area contributed by atoms with Gasteiger partial charge in [-0.15, -0.1) is 0 Å². The average molecular weight is 953 g/mol. The van der Waals surface area contributed by atoms with E-state index in [1.165, 1.54) is 5.57 Å². The lowest BCUT2D eigenvalue weighted by Crippen LogP contribution is -2.45. The van der Waals surface area contributed by atoms with Gasteiger partial charge in [-0.2, -0.15) is 0 Å². The molecule has 0 spiro atoms. The molecule has 2 amide bonds. The second-order valence-corrected chi connectivity index (χ2v) is 22.4. The number of epoxide rings is 1. The summed E-state index contributed by atoms with van der Waals surface area (Å²) in [7, 11) is 0. The number of rotatable bonds is 20. The van der Waals surface area contributed by atoms with E-state index in [1.54, 1.807) is 45.0 Å². The third-order valence-electron chi connectivity index (χ3n) is 15.2. The van der Waals surface area contributed by atoms with E-state index in [-0.39, 0.29) is 43.9 Å². The van der Waals surface area contributed by atoms with Crippen LogP contribution >= 0.6 is 0 Å². The average Bonchev–Trinajstić information content (AvgIpc) is 3.79. The van der Waals surface area contributed by atoms with Crippen molar-refractivity contribution in [3.8, 4) is 0 Å². The van der Waals surface area contributed by atoms with Gasteiger partial charge in [-0.3, -0.25) is 14.4 Å². The highest BCUT2D eigenvalue weighted by Gasteiger charge is 2.56. The quantitative estimate of drug-likeness (QED) is 0.0662. The zero-order valence-electron chi connectivity index (χ0n) is 42.7. The summed E-state index contributed by atoms with van der Waals surface area (Å²) in [5.41, 5.74) is 4.01. The number of hydrogen-bond donors (Lipinski definition) is 3. The van der Waals surface area contributed by atoms with Crippen molar-refractivity contribution in [2.24, 2.45) is 17.3 Å². The Morgan fingerprint density at radius 3 is 2.32 bits per heavy atom. The first-order valence-corrected chi connectivity index (χ1v) is 26.1. The maximum Gasteiger partial charge on any atom is 0.338 e. The molecular weight excluding hydrogens is 873 g/mol. The molecule has 2 aliphatic heterocycles. The van der Waals surface area contributed by atoms with Gasteiger partial charge in [-0.1, -0.05) is 89.3 Å². The number of fused-ring (bicyclic) bond motifs is 3. The lowest BCUT2D eigenvalue weighted by Gasteiger charge is -2.53. The normalized spacial score (nSPS) is 27.7. The van der Waals surface area contributed by atoms with E-state index in [2.05, 4.69) is 57.4 Å². The molecule has 2 aromatic rings. The monoisotopic (exact) mass is 953 g/mol. The Labute approximate surface area is 411 Å². The van der Waals surface area contributed by atoms with Crippen LogP contribution in [0.1, 0.15) is 190 Å². The maximum absolute atomic E-state index is 14.3. The van der Waals surface area contributed by atoms with E-state index in [0.717, 1.165) is 76.2 Å². The second-order valence-electron chi connectivity index (χ2n) is 22.4. The number of amides is 2. The molecule has 378 valence electrons. The Balaban J connectivity index is 1.05. The van der Waals surface area contributed by atoms with Gasteiger partial charge in [-0.05, 0) is 138 Å². The lowest BCUT2D eigenvalue weighted by atomic mass is 9.52. The highest BCUT2D eigenvalue weighted by Crippen LogP contribution is 2.60. The van der Waals surface area contributed by atoms with Gasteiger partial charge >= 0.3 is 11.9 Å². The molecule has 2 saturated carbocycles. The van der Waals surface area contributed by atoms with Crippen molar-refractivity contribution in [1.82, 2.24) is 10.6 Å². The number of carbonyl (C=O) groups is 4. The summed E-state index contributed by atoms with van der Waals surface area (Å²) in [6, 6.07) is 14.0. The van der Waals surface area contributed by atoms with Crippen LogP contribution in [0.5, 0.6) is 0 Å². The van der Waals surface area contributed by atoms with Gasteiger partial charge in [0.2, 0.25) is 5.91 Å². The molecule has 5 aliphatic rings. The van der Waals surface area contributed by atoms with Crippen LogP contribution in [-0.2, 0) is 39.8 Å². The summed E-state index contributed by atoms with van der Waals surface area (Å²) in [6.07, 6.45) is 15.8. The van der Waals surface area contributed by atoms with Crippen molar-refractivity contribution in [3.63, 3.8) is 0 Å². The number of allylic oxidation sites excluding steroid dienone is 1. The van der Waals surface area contributed by atoms with Gasteiger partial charge in [0, 0.05) is 43.4 Å². The van der Waals surface area contributed by atoms with Crippen LogP contribution in [0.4, 0.5) is 0 Å². The minimum absolute atomic E-state index is 0.00761. The topological polar surface area (TPSA) is 162 Å². The van der Waals surface area contributed by atoms with Crippen LogP contribution in [0.15, 0.2) is 65.8 Å². The van der Waals surface area contributed by atoms with Gasteiger partial charge in [0.15, 0.2) is 5.79 Å². The molecule has 4 fully saturated rings. The van der Waals surface area contributed by atoms with Crippen LogP contribution in [0.3, 0.4) is 0 Å². The third-order valence-corrected chi connectivity index (χ3v) is 15.2. The molecule has 2 heterocycles. The Hall–Kier alpha value is -4.36. The van der Waals surface area contributed by atoms with Crippen molar-refractivity contribution in [3.05, 3.63) is 88.0 Å². The van der Waals surface area contributed by atoms with Gasteiger partial charge in [0.05, 0.1) is 29.9 Å². The Morgan fingerprint density at radius 1 is 0.899 bits per heavy atom. The zero-order valence-corrected chi connectivity index (χ0v) is 42.7. The number of esters is 2. The van der Waals surface area contributed by atoms with Gasteiger partial charge < -0.3 is 39.4 Å². The Morgan fingerprint density at radius 2 is 1.62 bits per heavy atom. The Kier molecular flexibility index (Phi) is 17.0. The predicted molar refractivity (Wildman–Crippen MR) is 266 cm³/mol. The highest BCUT2D eigenvalue weighted by molar-refractivity contribution is 5.95. The van der Waals surface area contributed by atoms with Crippen molar-refractivity contribution in [2.75, 3.05) is 6.61 Å². The SMILES string of the molecule is CCCCCC1(CCCCC)OC2C=C(C(=O)NCc3cccc(C(=O)NC(CO)CCC(=O)OC(C)(C)C)c3)CC(OC(=O)c3cccc(C=C4CCC5OC5(C)CCC5C4CC5(C)C)c3)C2O1. The number of unbranched alkanes of at least 4 members (excludes halogenated alkanes) is 4. The van der Waals surface area contributed by atoms with Crippen LogP contribution in [-0.4, -0.2) is 82.9 Å². The summed E-state index contributed by atoms with van der Waals surface area (Å²) in [6.45, 7) is 16.5. The fourth-order valence-electron chi connectivity index (χ4n) is 11.3. The summed E-state index contributed by atoms with van der Waals surface area (Å²) in [5.74, 6) is -1.34. The first kappa shape index (κ1) is 52.5. The highest BCUT2D eigenvalue weighted by atomic mass is 16.8. The molecule has 0 radical (unpaired) electrons. The van der Waals surface area contributed by atoms with Gasteiger partial charge in [0.1, 0.15) is 23.9 Å². The van der Waals surface area contributed by atoms with E-state index in [4.69, 9.17) is 23.7 Å². The number of aliphatic hydroxyl groups excluding tert-OH is 1. The standard InChI is InChI=1S/C57H80N2O10/c1-9-11-13-26-57(27-14-12-10-2)66-47-33-42(51(62)58-35-38-18-16-19-40(31-38)52(63)59-43(36-60)22-24-49(61)68-54(3,4)5)32-46(50(47)69-57)65-53(64)41-20-15-17-37(30-41)29-39-21-23-48-56(8,67-48)28-25-45-44(39)34-55(45,6)7/h15-20,29-31,33,43-48,50,60H,9-14,21-28,32,34-36H2,1-8H3,(H,58,62)(H,59,63). The molecule has 8 atom stereocenters. The minimum atomic E-state index is -0.849. The van der Waals surface area contributed by atoms with E-state index in [9.17, 15) is 24.3 Å². The van der Waals surface area contributed by atoms with Crippen molar-refractivity contribution in [1.29, 1.82) is 0 Å². The first-order valence-electron chi connectivity index (χ1n) is 26.1. The first-order chi connectivity index (χ1) is 32.8. The van der Waals surface area contributed by atoms with E-state index >= 15 is 0 Å².